The number of hydrogen-bond donors (Lipinski definition) is 2. The average Bonchev–Trinajstić information content (AvgIpc) is 3.10. The van der Waals surface area contributed by atoms with E-state index in [4.69, 9.17) is 24.3 Å². The first-order chi connectivity index (χ1) is 24.4. The van der Waals surface area contributed by atoms with Gasteiger partial charge in [-0.3, -0.25) is 13.8 Å². The van der Waals surface area contributed by atoms with E-state index < -0.39 is 13.9 Å². The van der Waals surface area contributed by atoms with Gasteiger partial charge >= 0.3 is 13.8 Å². The Kier molecular flexibility index (Phi) is 37.0. The third-order valence-electron chi connectivity index (χ3n) is 7.95. The van der Waals surface area contributed by atoms with Gasteiger partial charge in [0.1, 0.15) is 6.10 Å². The molecule has 0 aliphatic heterocycles. The molecule has 0 bridgehead atoms. The Morgan fingerprint density at radius 1 is 0.620 bits per heavy atom. The van der Waals surface area contributed by atoms with Crippen molar-refractivity contribution in [3.63, 3.8) is 0 Å². The lowest BCUT2D eigenvalue weighted by Crippen LogP contribution is -2.28. The van der Waals surface area contributed by atoms with Crippen molar-refractivity contribution >= 4 is 13.8 Å². The highest BCUT2D eigenvalue weighted by Gasteiger charge is 2.25. The fourth-order valence-electron chi connectivity index (χ4n) is 5.08. The molecule has 0 aromatic heterocycles. The van der Waals surface area contributed by atoms with Crippen LogP contribution in [-0.4, -0.2) is 49.9 Å². The zero-order chi connectivity index (χ0) is 36.6. The molecular formula is C41H74NO7P. The molecule has 0 amide bonds. The SMILES string of the molecule is CC/C=C\C/C=C\C/C=C\C/C=C\C/C=C\CCCCCCCCCC(=O)OC(COCCCCCCCCCC)COP(=O)(O)OCCN. The van der Waals surface area contributed by atoms with Gasteiger partial charge in [0.05, 0.1) is 19.8 Å². The van der Waals surface area contributed by atoms with Crippen molar-refractivity contribution in [2.75, 3.05) is 33.0 Å². The van der Waals surface area contributed by atoms with E-state index in [0.717, 1.165) is 70.6 Å². The molecule has 8 nitrogen and oxygen atoms in total. The minimum atomic E-state index is -4.27. The van der Waals surface area contributed by atoms with Crippen LogP contribution >= 0.6 is 7.82 Å². The molecule has 0 spiro atoms. The van der Waals surface area contributed by atoms with Gasteiger partial charge in [-0.25, -0.2) is 4.57 Å². The number of unbranched alkanes of at least 4 members (excludes halogenated alkanes) is 14. The molecule has 290 valence electrons. The highest BCUT2D eigenvalue weighted by Crippen LogP contribution is 2.43. The Labute approximate surface area is 306 Å². The van der Waals surface area contributed by atoms with E-state index in [1.807, 2.05) is 0 Å². The first kappa shape index (κ1) is 48.2. The van der Waals surface area contributed by atoms with Crippen LogP contribution in [0.1, 0.15) is 155 Å². The zero-order valence-corrected chi connectivity index (χ0v) is 32.8. The lowest BCUT2D eigenvalue weighted by molar-refractivity contribution is -0.154. The summed E-state index contributed by atoms with van der Waals surface area (Å²) in [4.78, 5) is 22.4. The number of phosphoric ester groups is 1. The quantitative estimate of drug-likeness (QED) is 0.0281. The van der Waals surface area contributed by atoms with Gasteiger partial charge in [0.25, 0.3) is 0 Å². The van der Waals surface area contributed by atoms with Crippen molar-refractivity contribution in [3.8, 4) is 0 Å². The normalized spacial score (nSPS) is 14.2. The van der Waals surface area contributed by atoms with Crippen molar-refractivity contribution in [1.82, 2.24) is 0 Å². The third kappa shape index (κ3) is 37.5. The summed E-state index contributed by atoms with van der Waals surface area (Å²) in [6, 6.07) is 0. The van der Waals surface area contributed by atoms with E-state index in [2.05, 4.69) is 74.6 Å². The first-order valence-electron chi connectivity index (χ1n) is 19.8. The maximum Gasteiger partial charge on any atom is 0.472 e. The lowest BCUT2D eigenvalue weighted by Gasteiger charge is -2.20. The van der Waals surface area contributed by atoms with Crippen LogP contribution in [0.15, 0.2) is 60.8 Å². The minimum Gasteiger partial charge on any atom is -0.457 e. The summed E-state index contributed by atoms with van der Waals surface area (Å²) in [7, 11) is -4.27. The Hall–Kier alpha value is -1.80. The van der Waals surface area contributed by atoms with Crippen LogP contribution in [0.25, 0.3) is 0 Å². The maximum atomic E-state index is 12.5. The molecule has 9 heteroatoms. The second-order valence-corrected chi connectivity index (χ2v) is 14.2. The molecule has 2 atom stereocenters. The van der Waals surface area contributed by atoms with Crippen LogP contribution < -0.4 is 5.73 Å². The number of nitrogens with two attached hydrogens (primary N) is 1. The van der Waals surface area contributed by atoms with Gasteiger partial charge in [-0.1, -0.05) is 152 Å². The number of rotatable bonds is 37. The predicted molar refractivity (Wildman–Crippen MR) is 210 cm³/mol. The number of allylic oxidation sites excluding steroid dienone is 10. The van der Waals surface area contributed by atoms with Crippen LogP contribution in [0.3, 0.4) is 0 Å². The second kappa shape index (κ2) is 38.4. The molecular weight excluding hydrogens is 649 g/mol. The molecule has 0 aliphatic rings. The zero-order valence-electron chi connectivity index (χ0n) is 31.9. The van der Waals surface area contributed by atoms with Gasteiger partial charge in [0.15, 0.2) is 0 Å². The monoisotopic (exact) mass is 724 g/mol. The highest BCUT2D eigenvalue weighted by molar-refractivity contribution is 7.47. The van der Waals surface area contributed by atoms with E-state index in [-0.39, 0.29) is 32.3 Å². The fourth-order valence-corrected chi connectivity index (χ4v) is 5.85. The Balaban J connectivity index is 4.01. The number of esters is 1. The predicted octanol–water partition coefficient (Wildman–Crippen LogP) is 11.4. The van der Waals surface area contributed by atoms with Crippen molar-refractivity contribution < 1.29 is 32.8 Å². The van der Waals surface area contributed by atoms with E-state index >= 15 is 0 Å². The van der Waals surface area contributed by atoms with Gasteiger partial charge in [-0.2, -0.15) is 0 Å². The summed E-state index contributed by atoms with van der Waals surface area (Å²) in [6.45, 7) is 4.75. The minimum absolute atomic E-state index is 0.0964. The smallest absolute Gasteiger partial charge is 0.457 e. The highest BCUT2D eigenvalue weighted by atomic mass is 31.2. The molecule has 0 rings (SSSR count). The van der Waals surface area contributed by atoms with Crippen LogP contribution in [0, 0.1) is 0 Å². The molecule has 2 unspecified atom stereocenters. The van der Waals surface area contributed by atoms with Crippen molar-refractivity contribution in [2.45, 2.75) is 161 Å². The number of ether oxygens (including phenoxy) is 2. The summed E-state index contributed by atoms with van der Waals surface area (Å²) in [5.74, 6) is -0.345. The molecule has 50 heavy (non-hydrogen) atoms. The van der Waals surface area contributed by atoms with Gasteiger partial charge < -0.3 is 20.1 Å². The largest absolute Gasteiger partial charge is 0.472 e. The topological polar surface area (TPSA) is 117 Å². The van der Waals surface area contributed by atoms with Crippen LogP contribution in [0.5, 0.6) is 0 Å². The van der Waals surface area contributed by atoms with E-state index in [9.17, 15) is 14.3 Å². The van der Waals surface area contributed by atoms with Gasteiger partial charge in [-0.05, 0) is 57.8 Å². The van der Waals surface area contributed by atoms with Crippen molar-refractivity contribution in [2.24, 2.45) is 5.73 Å². The number of hydrogen-bond acceptors (Lipinski definition) is 7. The molecule has 0 fully saturated rings. The fraction of sp³-hybridized carbons (Fsp3) is 0.732. The van der Waals surface area contributed by atoms with E-state index in [1.165, 1.54) is 64.2 Å². The Bertz CT molecular complexity index is 947. The Morgan fingerprint density at radius 3 is 1.68 bits per heavy atom. The molecule has 0 heterocycles. The maximum absolute atomic E-state index is 12.5. The van der Waals surface area contributed by atoms with Gasteiger partial charge in [0, 0.05) is 19.6 Å². The van der Waals surface area contributed by atoms with Crippen LogP contribution in [0.4, 0.5) is 0 Å². The molecule has 0 saturated carbocycles. The number of carbonyl (C=O) groups excluding carboxylic acids is 1. The van der Waals surface area contributed by atoms with Gasteiger partial charge in [-0.15, -0.1) is 0 Å². The molecule has 3 N–H and O–H groups in total. The summed E-state index contributed by atoms with van der Waals surface area (Å²) >= 11 is 0. The van der Waals surface area contributed by atoms with Crippen molar-refractivity contribution in [1.29, 1.82) is 0 Å². The van der Waals surface area contributed by atoms with E-state index in [1.54, 1.807) is 0 Å². The van der Waals surface area contributed by atoms with Gasteiger partial charge in [0.2, 0.25) is 0 Å². The first-order valence-corrected chi connectivity index (χ1v) is 21.3. The van der Waals surface area contributed by atoms with Crippen LogP contribution in [0.2, 0.25) is 0 Å². The number of carbonyl (C=O) groups is 1. The second-order valence-electron chi connectivity index (χ2n) is 12.8. The molecule has 0 aromatic carbocycles. The average molecular weight is 724 g/mol. The summed E-state index contributed by atoms with van der Waals surface area (Å²) in [5.41, 5.74) is 5.34. The summed E-state index contributed by atoms with van der Waals surface area (Å²) in [6.07, 6.45) is 45.3. The molecule has 0 aliphatic carbocycles. The third-order valence-corrected chi connectivity index (χ3v) is 8.93. The molecule has 0 radical (unpaired) electrons. The molecule has 0 saturated heterocycles. The summed E-state index contributed by atoms with van der Waals surface area (Å²) in [5, 5.41) is 0. The lowest BCUT2D eigenvalue weighted by atomic mass is 10.1. The number of phosphoric acid groups is 1. The Morgan fingerprint density at radius 2 is 1.12 bits per heavy atom. The van der Waals surface area contributed by atoms with Crippen molar-refractivity contribution in [3.05, 3.63) is 60.8 Å². The summed E-state index contributed by atoms with van der Waals surface area (Å²) < 4.78 is 33.2. The van der Waals surface area contributed by atoms with Crippen LogP contribution in [-0.2, 0) is 27.9 Å². The molecule has 0 aromatic rings. The van der Waals surface area contributed by atoms with E-state index in [0.29, 0.717) is 13.0 Å². The standard InChI is InChI=1S/C41H74NO7P/c1-3-5-7-9-11-13-14-15-16-17-18-19-20-21-22-23-24-25-26-27-28-30-32-34-41(43)49-40(39-48-50(44,45)47-37-35-42)38-46-36-33-31-29-12-10-8-6-4-2/h5,7,11,13,15-16,18-19,21-22,40H,3-4,6,8-10,12,14,17,20,23-39,42H2,1-2H3,(H,44,45)/b7-5-,13-11-,16-15-,19-18-,22-21-.